The Bertz CT molecular complexity index is 1760. The summed E-state index contributed by atoms with van der Waals surface area (Å²) in [6.07, 6.45) is 4.12. The summed E-state index contributed by atoms with van der Waals surface area (Å²) in [6.45, 7) is 1.38. The number of H-pyrrole nitrogens is 1. The zero-order valence-electron chi connectivity index (χ0n) is 22.5. The number of halogens is 1. The van der Waals surface area contributed by atoms with Crippen molar-refractivity contribution in [3.05, 3.63) is 88.1 Å². The van der Waals surface area contributed by atoms with Crippen LogP contribution in [0.1, 0.15) is 30.4 Å². The topological polar surface area (TPSA) is 155 Å². The standard InChI is InChI=1S/C28H26ClN9O4/c1-41-28(40)32-20-5-2-17(3-6-20)23-14-30-25(33-23)15-37-26(39)13-22(34-27(37)18-8-10-42-11-9-18)21-12-19(29)4-7-24(21)38-16-31-35-36-38/h2-7,12-14,16,18H,8-11,15H2,1H3,(H,30,33)(H,32,40). The van der Waals surface area contributed by atoms with Crippen molar-refractivity contribution in [1.82, 2.24) is 39.7 Å². The minimum absolute atomic E-state index is 0.0198. The number of hydrogen-bond acceptors (Lipinski definition) is 9. The molecule has 42 heavy (non-hydrogen) atoms. The zero-order valence-corrected chi connectivity index (χ0v) is 23.3. The molecule has 2 aromatic carbocycles. The molecule has 1 amide bonds. The van der Waals surface area contributed by atoms with E-state index in [1.54, 1.807) is 41.1 Å². The Labute approximate surface area is 244 Å². The number of aromatic amines is 1. The number of methoxy groups -OCH3 is 1. The SMILES string of the molecule is COC(=O)Nc1ccc(-c2cnc(Cn3c(C4CCOCC4)nc(-c4cc(Cl)ccc4-n4cnnn4)cc3=O)[nH]2)cc1. The van der Waals surface area contributed by atoms with Crippen molar-refractivity contribution < 1.29 is 14.3 Å². The Balaban J connectivity index is 1.35. The Hall–Kier alpha value is -4.88. The van der Waals surface area contributed by atoms with E-state index in [4.69, 9.17) is 21.3 Å². The van der Waals surface area contributed by atoms with Gasteiger partial charge in [0.05, 0.1) is 36.9 Å². The molecule has 0 spiro atoms. The molecule has 214 valence electrons. The fourth-order valence-corrected chi connectivity index (χ4v) is 5.09. The van der Waals surface area contributed by atoms with Gasteiger partial charge in [0.1, 0.15) is 18.0 Å². The van der Waals surface area contributed by atoms with Gasteiger partial charge in [0.15, 0.2) is 0 Å². The van der Waals surface area contributed by atoms with Gasteiger partial charge in [-0.2, -0.15) is 4.68 Å². The average Bonchev–Trinajstić information content (AvgIpc) is 3.72. The normalized spacial score (nSPS) is 13.7. The number of nitrogens with one attached hydrogen (secondary N) is 2. The van der Waals surface area contributed by atoms with E-state index in [0.717, 1.165) is 24.1 Å². The molecule has 1 saturated heterocycles. The lowest BCUT2D eigenvalue weighted by atomic mass is 9.98. The molecule has 0 saturated carbocycles. The highest BCUT2D eigenvalue weighted by atomic mass is 35.5. The van der Waals surface area contributed by atoms with Crippen LogP contribution in [0.25, 0.3) is 28.2 Å². The van der Waals surface area contributed by atoms with E-state index in [1.165, 1.54) is 24.2 Å². The van der Waals surface area contributed by atoms with Crippen molar-refractivity contribution >= 4 is 23.4 Å². The second kappa shape index (κ2) is 11.9. The minimum atomic E-state index is -0.543. The third kappa shape index (κ3) is 5.78. The van der Waals surface area contributed by atoms with E-state index in [9.17, 15) is 9.59 Å². The Morgan fingerprint density at radius 2 is 1.98 bits per heavy atom. The molecule has 0 unspecified atom stereocenters. The van der Waals surface area contributed by atoms with Gasteiger partial charge in [-0.1, -0.05) is 23.7 Å². The summed E-state index contributed by atoms with van der Waals surface area (Å²) in [4.78, 5) is 38.1. The van der Waals surface area contributed by atoms with Gasteiger partial charge >= 0.3 is 6.09 Å². The molecule has 0 atom stereocenters. The monoisotopic (exact) mass is 587 g/mol. The number of tetrazole rings is 1. The predicted molar refractivity (Wildman–Crippen MR) is 154 cm³/mol. The highest BCUT2D eigenvalue weighted by Crippen LogP contribution is 2.31. The molecule has 6 rings (SSSR count). The summed E-state index contributed by atoms with van der Waals surface area (Å²) in [5.74, 6) is 1.27. The number of aromatic nitrogens is 8. The third-order valence-corrected chi connectivity index (χ3v) is 7.25. The molecule has 1 aliphatic rings. The number of benzene rings is 2. The van der Waals surface area contributed by atoms with Crippen LogP contribution in [0.2, 0.25) is 5.02 Å². The maximum Gasteiger partial charge on any atom is 0.411 e. The van der Waals surface area contributed by atoms with Gasteiger partial charge in [-0.3, -0.25) is 14.7 Å². The summed E-state index contributed by atoms with van der Waals surface area (Å²) in [5, 5.41) is 14.6. The molecule has 4 heterocycles. The molecule has 1 aliphatic heterocycles. The first-order valence-electron chi connectivity index (χ1n) is 13.2. The van der Waals surface area contributed by atoms with Gasteiger partial charge in [0.25, 0.3) is 5.56 Å². The van der Waals surface area contributed by atoms with E-state index in [1.807, 2.05) is 12.1 Å². The van der Waals surface area contributed by atoms with E-state index >= 15 is 0 Å². The van der Waals surface area contributed by atoms with Crippen LogP contribution >= 0.6 is 11.6 Å². The summed E-state index contributed by atoms with van der Waals surface area (Å²) >= 11 is 6.36. The van der Waals surface area contributed by atoms with E-state index in [-0.39, 0.29) is 18.0 Å². The van der Waals surface area contributed by atoms with Gasteiger partial charge < -0.3 is 14.5 Å². The number of rotatable bonds is 7. The Morgan fingerprint density at radius 3 is 2.71 bits per heavy atom. The molecule has 13 nitrogen and oxygen atoms in total. The van der Waals surface area contributed by atoms with Crippen LogP contribution in [0.4, 0.5) is 10.5 Å². The number of nitrogens with zero attached hydrogens (tertiary/aromatic N) is 7. The first-order chi connectivity index (χ1) is 20.5. The molecular formula is C28H26ClN9O4. The Morgan fingerprint density at radius 1 is 1.17 bits per heavy atom. The van der Waals surface area contributed by atoms with Gasteiger partial charge in [0, 0.05) is 41.5 Å². The smallest absolute Gasteiger partial charge is 0.411 e. The lowest BCUT2D eigenvalue weighted by molar-refractivity contribution is 0.0825. The first kappa shape index (κ1) is 27.3. The lowest BCUT2D eigenvalue weighted by Gasteiger charge is -2.25. The summed E-state index contributed by atoms with van der Waals surface area (Å²) in [5.41, 5.74) is 3.78. The molecule has 14 heteroatoms. The van der Waals surface area contributed by atoms with Crippen molar-refractivity contribution in [3.63, 3.8) is 0 Å². The maximum absolute atomic E-state index is 13.7. The van der Waals surface area contributed by atoms with Gasteiger partial charge in [-0.15, -0.1) is 5.10 Å². The van der Waals surface area contributed by atoms with Crippen molar-refractivity contribution in [2.45, 2.75) is 25.3 Å². The number of imidazole rings is 1. The second-order valence-electron chi connectivity index (χ2n) is 9.66. The van der Waals surface area contributed by atoms with Crippen LogP contribution in [0.3, 0.4) is 0 Å². The van der Waals surface area contributed by atoms with E-state index in [2.05, 4.69) is 35.5 Å². The predicted octanol–water partition coefficient (Wildman–Crippen LogP) is 4.05. The summed E-state index contributed by atoms with van der Waals surface area (Å²) in [6, 6.07) is 14.0. The maximum atomic E-state index is 13.7. The molecule has 0 aliphatic carbocycles. The van der Waals surface area contributed by atoms with Crippen molar-refractivity contribution in [2.24, 2.45) is 0 Å². The minimum Gasteiger partial charge on any atom is -0.453 e. The number of ether oxygens (including phenoxy) is 2. The van der Waals surface area contributed by atoms with E-state index in [0.29, 0.717) is 52.5 Å². The number of carbonyl (C=O) groups is 1. The van der Waals surface area contributed by atoms with Crippen LogP contribution in [-0.4, -0.2) is 66.1 Å². The molecule has 0 bridgehead atoms. The highest BCUT2D eigenvalue weighted by Gasteiger charge is 2.24. The fraction of sp³-hybridized carbons (Fsp3) is 0.250. The number of amides is 1. The average molecular weight is 588 g/mol. The first-order valence-corrected chi connectivity index (χ1v) is 13.6. The quantitative estimate of drug-likeness (QED) is 0.287. The van der Waals surface area contributed by atoms with Gasteiger partial charge in [-0.05, 0) is 59.2 Å². The van der Waals surface area contributed by atoms with Crippen molar-refractivity contribution in [1.29, 1.82) is 0 Å². The Kier molecular flexibility index (Phi) is 7.75. The number of anilines is 1. The van der Waals surface area contributed by atoms with Crippen LogP contribution in [0.5, 0.6) is 0 Å². The van der Waals surface area contributed by atoms with Crippen molar-refractivity contribution in [3.8, 4) is 28.2 Å². The zero-order chi connectivity index (χ0) is 29.1. The third-order valence-electron chi connectivity index (χ3n) is 7.02. The molecular weight excluding hydrogens is 562 g/mol. The van der Waals surface area contributed by atoms with Crippen LogP contribution in [-0.2, 0) is 16.0 Å². The van der Waals surface area contributed by atoms with Gasteiger partial charge in [-0.25, -0.2) is 14.8 Å². The van der Waals surface area contributed by atoms with Gasteiger partial charge in [0.2, 0.25) is 0 Å². The molecule has 0 radical (unpaired) electrons. The lowest BCUT2D eigenvalue weighted by Crippen LogP contribution is -2.29. The van der Waals surface area contributed by atoms with E-state index < -0.39 is 6.09 Å². The number of hydrogen-bond donors (Lipinski definition) is 2. The molecule has 1 fully saturated rings. The van der Waals surface area contributed by atoms with Crippen LogP contribution in [0, 0.1) is 0 Å². The second-order valence-corrected chi connectivity index (χ2v) is 10.1. The molecule has 2 N–H and O–H groups in total. The van der Waals surface area contributed by atoms with Crippen molar-refractivity contribution in [2.75, 3.05) is 25.6 Å². The fourth-order valence-electron chi connectivity index (χ4n) is 4.91. The summed E-state index contributed by atoms with van der Waals surface area (Å²) < 4.78 is 13.4. The molecule has 5 aromatic rings. The van der Waals surface area contributed by atoms with Crippen LogP contribution < -0.4 is 10.9 Å². The molecule has 3 aromatic heterocycles. The largest absolute Gasteiger partial charge is 0.453 e. The van der Waals surface area contributed by atoms with Crippen LogP contribution in [0.15, 0.2) is 65.8 Å². The number of carbonyl (C=O) groups excluding carboxylic acids is 1. The summed E-state index contributed by atoms with van der Waals surface area (Å²) in [7, 11) is 1.31. The highest BCUT2D eigenvalue weighted by molar-refractivity contribution is 6.31.